The molecule has 34 heavy (non-hydrogen) atoms. The molecular formula is C30H18Br2OS. The van der Waals surface area contributed by atoms with Crippen molar-refractivity contribution in [3.05, 3.63) is 118 Å². The van der Waals surface area contributed by atoms with Crippen LogP contribution in [0, 0.1) is 0 Å². The van der Waals surface area contributed by atoms with Crippen molar-refractivity contribution >= 4 is 75.0 Å². The van der Waals surface area contributed by atoms with Crippen LogP contribution in [0.1, 0.15) is 0 Å². The topological polar surface area (TPSA) is 17.1 Å². The summed E-state index contributed by atoms with van der Waals surface area (Å²) >= 11 is 7.25. The summed E-state index contributed by atoms with van der Waals surface area (Å²) in [5.74, 6) is 0. The molecule has 0 saturated heterocycles. The second kappa shape index (κ2) is 8.77. The average molecular weight is 586 g/mol. The van der Waals surface area contributed by atoms with Gasteiger partial charge in [-0.05, 0) is 86.6 Å². The summed E-state index contributed by atoms with van der Waals surface area (Å²) in [6.07, 6.45) is 0. The van der Waals surface area contributed by atoms with Crippen molar-refractivity contribution < 1.29 is 4.21 Å². The monoisotopic (exact) mass is 584 g/mol. The van der Waals surface area contributed by atoms with Crippen LogP contribution in [0.2, 0.25) is 0 Å². The zero-order chi connectivity index (χ0) is 23.2. The molecule has 6 aromatic rings. The van der Waals surface area contributed by atoms with Crippen molar-refractivity contribution in [3.8, 4) is 11.1 Å². The van der Waals surface area contributed by atoms with Crippen molar-refractivity contribution in [3.63, 3.8) is 0 Å². The molecular weight excluding hydrogens is 568 g/mol. The molecule has 0 fully saturated rings. The number of fused-ring (bicyclic) bond motifs is 3. The molecule has 6 rings (SSSR count). The van der Waals surface area contributed by atoms with Crippen LogP contribution in [0.3, 0.4) is 0 Å². The third kappa shape index (κ3) is 3.70. The van der Waals surface area contributed by atoms with Crippen molar-refractivity contribution in [2.24, 2.45) is 0 Å². The van der Waals surface area contributed by atoms with Gasteiger partial charge in [0, 0.05) is 19.2 Å². The van der Waals surface area contributed by atoms with Crippen LogP contribution in [0.4, 0.5) is 0 Å². The number of halogens is 2. The van der Waals surface area contributed by atoms with E-state index in [0.717, 1.165) is 56.8 Å². The summed E-state index contributed by atoms with van der Waals surface area (Å²) in [7, 11) is -1.34. The summed E-state index contributed by atoms with van der Waals surface area (Å²) in [5, 5.41) is 6.52. The van der Waals surface area contributed by atoms with Crippen molar-refractivity contribution in [1.29, 1.82) is 0 Å². The molecule has 1 atom stereocenters. The molecule has 1 unspecified atom stereocenters. The van der Waals surface area contributed by atoms with E-state index < -0.39 is 10.8 Å². The number of hydrogen-bond donors (Lipinski definition) is 0. The highest BCUT2D eigenvalue weighted by atomic mass is 79.9. The van der Waals surface area contributed by atoms with Crippen LogP contribution in [0.15, 0.2) is 128 Å². The summed E-state index contributed by atoms with van der Waals surface area (Å²) in [5.41, 5.74) is 2.28. The van der Waals surface area contributed by atoms with E-state index in [-0.39, 0.29) is 0 Å². The molecule has 6 aromatic carbocycles. The Kier molecular flexibility index (Phi) is 5.60. The first-order chi connectivity index (χ1) is 16.6. The SMILES string of the molecule is O=S(c1ccccc1)c1c2ccc(Br)cc2c(-c2ccc(Br)cc2)c2cc3ccccc3cc12. The van der Waals surface area contributed by atoms with E-state index in [1.54, 1.807) is 0 Å². The average Bonchev–Trinajstić information content (AvgIpc) is 2.87. The first-order valence-corrected chi connectivity index (χ1v) is 13.6. The van der Waals surface area contributed by atoms with Gasteiger partial charge >= 0.3 is 0 Å². The van der Waals surface area contributed by atoms with Gasteiger partial charge in [0.15, 0.2) is 0 Å². The molecule has 4 heteroatoms. The molecule has 0 spiro atoms. The van der Waals surface area contributed by atoms with Crippen LogP contribution in [-0.4, -0.2) is 4.21 Å². The van der Waals surface area contributed by atoms with Gasteiger partial charge in [0.25, 0.3) is 0 Å². The van der Waals surface area contributed by atoms with Gasteiger partial charge in [0.1, 0.15) is 0 Å². The van der Waals surface area contributed by atoms with Crippen LogP contribution in [0.5, 0.6) is 0 Å². The highest BCUT2D eigenvalue weighted by molar-refractivity contribution is 9.10. The molecule has 0 radical (unpaired) electrons. The van der Waals surface area contributed by atoms with Crippen LogP contribution in [0.25, 0.3) is 43.4 Å². The van der Waals surface area contributed by atoms with E-state index in [2.05, 4.69) is 105 Å². The molecule has 0 aromatic heterocycles. The minimum Gasteiger partial charge on any atom is -0.249 e. The van der Waals surface area contributed by atoms with Crippen molar-refractivity contribution in [1.82, 2.24) is 0 Å². The fraction of sp³-hybridized carbons (Fsp3) is 0. The molecule has 0 amide bonds. The number of rotatable bonds is 3. The van der Waals surface area contributed by atoms with Gasteiger partial charge in [-0.1, -0.05) is 92.5 Å². The molecule has 0 aliphatic rings. The minimum absolute atomic E-state index is 0.803. The van der Waals surface area contributed by atoms with Gasteiger partial charge in [-0.25, -0.2) is 4.21 Å². The Morgan fingerprint density at radius 3 is 1.82 bits per heavy atom. The Labute approximate surface area is 217 Å². The quantitative estimate of drug-likeness (QED) is 0.189. The highest BCUT2D eigenvalue weighted by Gasteiger charge is 2.21. The van der Waals surface area contributed by atoms with E-state index >= 15 is 0 Å². The predicted octanol–water partition coefficient (Wildman–Crippen LogP) is 9.50. The molecule has 0 aliphatic carbocycles. The van der Waals surface area contributed by atoms with E-state index in [0.29, 0.717) is 0 Å². The zero-order valence-electron chi connectivity index (χ0n) is 18.0. The summed E-state index contributed by atoms with van der Waals surface area (Å²) in [6.45, 7) is 0. The molecule has 0 bridgehead atoms. The lowest BCUT2D eigenvalue weighted by atomic mass is 9.90. The van der Waals surface area contributed by atoms with Gasteiger partial charge in [0.2, 0.25) is 0 Å². The second-order valence-electron chi connectivity index (χ2n) is 8.23. The Balaban J connectivity index is 1.84. The molecule has 0 N–H and O–H groups in total. The van der Waals surface area contributed by atoms with Gasteiger partial charge in [-0.15, -0.1) is 0 Å². The molecule has 1 nitrogen and oxygen atoms in total. The fourth-order valence-electron chi connectivity index (χ4n) is 4.64. The Morgan fingerprint density at radius 2 is 1.12 bits per heavy atom. The van der Waals surface area contributed by atoms with E-state index in [4.69, 9.17) is 0 Å². The Hall–Kier alpha value is -2.79. The van der Waals surface area contributed by atoms with Crippen LogP contribution in [-0.2, 0) is 10.8 Å². The Morgan fingerprint density at radius 1 is 0.529 bits per heavy atom. The standard InChI is InChI=1S/C30H18Br2OS/c31-22-12-10-19(11-13-22)29-26-16-20-6-4-5-7-21(20)17-28(26)30(25-15-14-23(32)18-27(25)29)34(33)24-8-2-1-3-9-24/h1-18H. The largest absolute Gasteiger partial charge is 0.249 e. The molecule has 0 aliphatic heterocycles. The lowest BCUT2D eigenvalue weighted by Crippen LogP contribution is -1.98. The number of benzene rings is 6. The van der Waals surface area contributed by atoms with Crippen LogP contribution >= 0.6 is 31.9 Å². The maximum Gasteiger partial charge on any atom is 0.0862 e. The first-order valence-electron chi connectivity index (χ1n) is 10.9. The van der Waals surface area contributed by atoms with Gasteiger partial charge in [-0.2, -0.15) is 0 Å². The van der Waals surface area contributed by atoms with E-state index in [1.807, 2.05) is 36.4 Å². The molecule has 0 heterocycles. The predicted molar refractivity (Wildman–Crippen MR) is 151 cm³/mol. The second-order valence-corrected chi connectivity index (χ2v) is 11.5. The maximum absolute atomic E-state index is 14.1. The first kappa shape index (κ1) is 21.7. The fourth-order valence-corrected chi connectivity index (χ4v) is 6.65. The molecule has 164 valence electrons. The minimum atomic E-state index is -1.34. The smallest absolute Gasteiger partial charge is 0.0862 e. The van der Waals surface area contributed by atoms with Crippen molar-refractivity contribution in [2.45, 2.75) is 9.79 Å². The zero-order valence-corrected chi connectivity index (χ0v) is 22.0. The summed E-state index contributed by atoms with van der Waals surface area (Å²) in [4.78, 5) is 1.66. The van der Waals surface area contributed by atoms with E-state index in [1.165, 1.54) is 5.39 Å². The highest BCUT2D eigenvalue weighted by Crippen LogP contribution is 2.44. The lowest BCUT2D eigenvalue weighted by Gasteiger charge is -2.18. The van der Waals surface area contributed by atoms with Gasteiger partial charge in [-0.3, -0.25) is 0 Å². The normalized spacial score (nSPS) is 12.4. The maximum atomic E-state index is 14.1. The van der Waals surface area contributed by atoms with Crippen LogP contribution < -0.4 is 0 Å². The van der Waals surface area contributed by atoms with Gasteiger partial charge < -0.3 is 0 Å². The summed E-state index contributed by atoms with van der Waals surface area (Å²) in [6, 6.07) is 37.2. The Bertz CT molecular complexity index is 1730. The lowest BCUT2D eigenvalue weighted by molar-refractivity contribution is 0.684. The third-order valence-electron chi connectivity index (χ3n) is 6.17. The molecule has 0 saturated carbocycles. The number of hydrogen-bond acceptors (Lipinski definition) is 1. The summed E-state index contributed by atoms with van der Waals surface area (Å²) < 4.78 is 16.1. The van der Waals surface area contributed by atoms with Crippen molar-refractivity contribution in [2.75, 3.05) is 0 Å². The third-order valence-corrected chi connectivity index (χ3v) is 8.70. The van der Waals surface area contributed by atoms with Gasteiger partial charge in [0.05, 0.1) is 15.7 Å². The van der Waals surface area contributed by atoms with E-state index in [9.17, 15) is 4.21 Å².